The van der Waals surface area contributed by atoms with Crippen molar-refractivity contribution >= 4 is 34.2 Å². The van der Waals surface area contributed by atoms with Crippen LogP contribution in [0.15, 0.2) is 47.3 Å². The fraction of sp³-hybridized carbons (Fsp3) is 0.308. The number of imidazole rings is 2. The van der Waals surface area contributed by atoms with E-state index in [1.807, 2.05) is 39.0 Å². The first-order valence-electron chi connectivity index (χ1n) is 11.7. The number of H-pyrrole nitrogens is 2. The number of hydrogen-bond donors (Lipinski definition) is 5. The first kappa shape index (κ1) is 27.2. The molecule has 2 atom stereocenters. The van der Waals surface area contributed by atoms with Gasteiger partial charge in [-0.05, 0) is 71.8 Å². The number of nitrogens with zero attached hydrogens (tertiary/aromatic N) is 2. The van der Waals surface area contributed by atoms with Crippen LogP contribution >= 0.6 is 34.2 Å². The molecule has 0 aliphatic carbocycles. The van der Waals surface area contributed by atoms with Crippen LogP contribution in [0.5, 0.6) is 11.6 Å². The fourth-order valence-corrected chi connectivity index (χ4v) is 5.11. The first-order chi connectivity index (χ1) is 17.6. The Morgan fingerprint density at radius 3 is 2.49 bits per heavy atom. The summed E-state index contributed by atoms with van der Waals surface area (Å²) in [5.41, 5.74) is 2.64. The predicted octanol–water partition coefficient (Wildman–Crippen LogP) is 4.48. The third kappa shape index (κ3) is 5.71. The van der Waals surface area contributed by atoms with E-state index in [1.165, 1.54) is 4.57 Å². The number of ether oxygens (including phenoxy) is 1. The van der Waals surface area contributed by atoms with Gasteiger partial charge in [0.05, 0.1) is 17.3 Å². The quantitative estimate of drug-likeness (QED) is 0.172. The number of halogens is 2. The van der Waals surface area contributed by atoms with Crippen LogP contribution in [0.2, 0.25) is 5.02 Å². The maximum atomic E-state index is 13.1. The van der Waals surface area contributed by atoms with E-state index in [0.717, 1.165) is 14.8 Å². The monoisotopic (exact) mass is 638 g/mol. The summed E-state index contributed by atoms with van der Waals surface area (Å²) < 4.78 is 7.75. The summed E-state index contributed by atoms with van der Waals surface area (Å²) >= 11 is 8.69. The number of aromatic nitrogens is 4. The largest absolute Gasteiger partial charge is 0.493 e. The van der Waals surface area contributed by atoms with Gasteiger partial charge in [-0.3, -0.25) is 4.57 Å². The van der Waals surface area contributed by atoms with Gasteiger partial charge in [0.1, 0.15) is 36.0 Å². The third-order valence-corrected chi connectivity index (χ3v) is 6.96. The van der Waals surface area contributed by atoms with E-state index in [0.29, 0.717) is 27.9 Å². The Morgan fingerprint density at radius 1 is 1.16 bits per heavy atom. The molecule has 0 saturated carbocycles. The lowest BCUT2D eigenvalue weighted by atomic mass is 10.0. The lowest BCUT2D eigenvalue weighted by Crippen LogP contribution is -2.27. The van der Waals surface area contributed by atoms with Crippen LogP contribution in [0.1, 0.15) is 31.4 Å². The van der Waals surface area contributed by atoms with Crippen LogP contribution in [0.4, 0.5) is 0 Å². The van der Waals surface area contributed by atoms with Crippen molar-refractivity contribution in [2.45, 2.75) is 32.9 Å². The zero-order chi connectivity index (χ0) is 26.9. The molecule has 0 saturated heterocycles. The highest BCUT2D eigenvalue weighted by atomic mass is 127. The van der Waals surface area contributed by atoms with Crippen molar-refractivity contribution in [3.63, 3.8) is 0 Å². The lowest BCUT2D eigenvalue weighted by molar-refractivity contribution is 0.0536. The van der Waals surface area contributed by atoms with Gasteiger partial charge in [0, 0.05) is 20.4 Å². The highest BCUT2D eigenvalue weighted by molar-refractivity contribution is 14.1. The van der Waals surface area contributed by atoms with Crippen molar-refractivity contribution in [1.82, 2.24) is 19.5 Å². The van der Waals surface area contributed by atoms with Crippen LogP contribution in [-0.2, 0) is 0 Å². The zero-order valence-corrected chi connectivity index (χ0v) is 23.4. The molecule has 0 bridgehead atoms. The van der Waals surface area contributed by atoms with E-state index in [4.69, 9.17) is 26.4 Å². The number of aliphatic hydroxyl groups excluding tert-OH is 2. The molecule has 11 heteroatoms. The molecule has 5 N–H and O–H groups in total. The van der Waals surface area contributed by atoms with E-state index < -0.39 is 24.4 Å². The number of aromatic hydroxyl groups is 1. The van der Waals surface area contributed by atoms with E-state index in [-0.39, 0.29) is 24.1 Å². The third-order valence-electron chi connectivity index (χ3n) is 5.98. The number of benzene rings is 2. The summed E-state index contributed by atoms with van der Waals surface area (Å²) in [6.07, 6.45) is -0.977. The van der Waals surface area contributed by atoms with Crippen LogP contribution in [0.25, 0.3) is 22.5 Å². The smallest absolute Gasteiger partial charge is 0.329 e. The molecule has 0 fully saturated rings. The van der Waals surface area contributed by atoms with Crippen LogP contribution < -0.4 is 10.4 Å². The topological polar surface area (TPSA) is 136 Å². The molecule has 4 aromatic rings. The van der Waals surface area contributed by atoms with Crippen molar-refractivity contribution in [1.29, 1.82) is 0 Å². The van der Waals surface area contributed by atoms with Gasteiger partial charge in [0.15, 0.2) is 0 Å². The Balaban J connectivity index is 1.69. The van der Waals surface area contributed by atoms with Gasteiger partial charge in [-0.25, -0.2) is 9.78 Å². The average molecular weight is 639 g/mol. The lowest BCUT2D eigenvalue weighted by Gasteiger charge is -2.20. The molecule has 0 amide bonds. The number of nitrogens with one attached hydrogen (secondary N) is 2. The average Bonchev–Trinajstić information content (AvgIpc) is 3.37. The van der Waals surface area contributed by atoms with E-state index in [9.17, 15) is 15.0 Å². The van der Waals surface area contributed by atoms with Crippen molar-refractivity contribution in [2.24, 2.45) is 5.92 Å². The Labute approximate surface area is 232 Å². The van der Waals surface area contributed by atoms with Crippen molar-refractivity contribution in [3.8, 4) is 34.1 Å². The molecule has 0 aliphatic rings. The molecular weight excluding hydrogens is 611 g/mol. The minimum absolute atomic E-state index is 0.0532. The zero-order valence-electron chi connectivity index (χ0n) is 20.5. The van der Waals surface area contributed by atoms with Crippen LogP contribution in [0, 0.1) is 16.4 Å². The number of aromatic amines is 2. The van der Waals surface area contributed by atoms with Crippen molar-refractivity contribution < 1.29 is 20.1 Å². The minimum atomic E-state index is -0.977. The maximum Gasteiger partial charge on any atom is 0.329 e. The number of rotatable bonds is 9. The SMILES string of the molecule is Cc1[nH]c([C@H](C(C)C)n2c(O)c(-c3ccc(OC[C@H](O)CO)cc3)[nH]c2=O)nc1-c1ccc(I)cc1Cl. The standard InChI is InChI=1S/C26H28ClIN4O5/c1-13(2)23(24-29-14(3)21(30-24)19-9-6-16(28)10-20(19)27)32-25(35)22(31-26(32)36)15-4-7-18(8-5-15)37-12-17(34)11-33/h4-10,13,17,23,33-35H,11-12H2,1-3H3,(H,29,30)(H,31,36)/t17-,23+/m1/s1. The number of hydrogen-bond acceptors (Lipinski definition) is 6. The Hall–Kier alpha value is -2.80. The van der Waals surface area contributed by atoms with Crippen molar-refractivity contribution in [2.75, 3.05) is 13.2 Å². The summed E-state index contributed by atoms with van der Waals surface area (Å²) in [6.45, 7) is 5.34. The van der Waals surface area contributed by atoms with E-state index in [1.54, 1.807) is 24.3 Å². The summed E-state index contributed by atoms with van der Waals surface area (Å²) in [4.78, 5) is 24.0. The predicted molar refractivity (Wildman–Crippen MR) is 150 cm³/mol. The van der Waals surface area contributed by atoms with Crippen LogP contribution in [0.3, 0.4) is 0 Å². The molecule has 37 heavy (non-hydrogen) atoms. The Kier molecular flexibility index (Phi) is 8.32. The number of aryl methyl sites for hydroxylation is 1. The molecule has 2 aromatic heterocycles. The molecule has 0 spiro atoms. The summed E-state index contributed by atoms with van der Waals surface area (Å²) in [7, 11) is 0. The van der Waals surface area contributed by atoms with Gasteiger partial charge < -0.3 is 30.0 Å². The highest BCUT2D eigenvalue weighted by Crippen LogP contribution is 2.36. The molecule has 0 radical (unpaired) electrons. The van der Waals surface area contributed by atoms with Crippen LogP contribution in [-0.4, -0.2) is 54.2 Å². The second-order valence-corrected chi connectivity index (χ2v) is 10.7. The van der Waals surface area contributed by atoms with Gasteiger partial charge in [-0.2, -0.15) is 0 Å². The van der Waals surface area contributed by atoms with Gasteiger partial charge in [-0.1, -0.05) is 31.5 Å². The maximum absolute atomic E-state index is 13.1. The van der Waals surface area contributed by atoms with Gasteiger partial charge in [0.25, 0.3) is 0 Å². The number of aliphatic hydroxyl groups is 2. The molecule has 0 aliphatic heterocycles. The van der Waals surface area contributed by atoms with Crippen molar-refractivity contribution in [3.05, 3.63) is 73.1 Å². The highest BCUT2D eigenvalue weighted by Gasteiger charge is 2.29. The summed E-state index contributed by atoms with van der Waals surface area (Å²) in [6, 6.07) is 11.8. The summed E-state index contributed by atoms with van der Waals surface area (Å²) in [5.74, 6) is 0.708. The van der Waals surface area contributed by atoms with Gasteiger partial charge >= 0.3 is 5.69 Å². The second kappa shape index (κ2) is 11.3. The molecule has 2 heterocycles. The normalized spacial score (nSPS) is 13.2. The fourth-order valence-electron chi connectivity index (χ4n) is 4.17. The molecule has 0 unspecified atom stereocenters. The molecular formula is C26H28ClIN4O5. The van der Waals surface area contributed by atoms with Gasteiger partial charge in [-0.15, -0.1) is 0 Å². The first-order valence-corrected chi connectivity index (χ1v) is 13.1. The molecule has 4 rings (SSSR count). The molecule has 2 aromatic carbocycles. The Bertz CT molecular complexity index is 1440. The minimum Gasteiger partial charge on any atom is -0.493 e. The Morgan fingerprint density at radius 2 is 1.86 bits per heavy atom. The summed E-state index contributed by atoms with van der Waals surface area (Å²) in [5, 5.41) is 30.1. The van der Waals surface area contributed by atoms with E-state index >= 15 is 0 Å². The molecule has 196 valence electrons. The van der Waals surface area contributed by atoms with Gasteiger partial charge in [0.2, 0.25) is 5.88 Å². The van der Waals surface area contributed by atoms with E-state index in [2.05, 4.69) is 32.6 Å². The second-order valence-electron chi connectivity index (χ2n) is 9.08. The molecule has 9 nitrogen and oxygen atoms in total.